The molecule has 0 bridgehead atoms. The fourth-order valence-electron chi connectivity index (χ4n) is 9.16. The van der Waals surface area contributed by atoms with Gasteiger partial charge < -0.3 is 37.6 Å². The lowest BCUT2D eigenvalue weighted by atomic mass is 9.94. The molecule has 2 aliphatic rings. The maximum atomic E-state index is 12.9. The number of benzene rings is 5. The Balaban J connectivity index is 0.684. The van der Waals surface area contributed by atoms with Gasteiger partial charge in [-0.1, -0.05) is 49.9 Å². The van der Waals surface area contributed by atoms with E-state index < -0.39 is 0 Å². The first-order valence-corrected chi connectivity index (χ1v) is 24.2. The molecule has 0 saturated carbocycles. The highest BCUT2D eigenvalue weighted by molar-refractivity contribution is 6.09. The SMILES string of the molecule is CC1=CC2=Nc3cc(C)c(N)cc3N(C)C2C=C1NCCCCCCNC(=O)c1ccc(-c2ccc(C(=O)NCCCCCCNc3cc4c(cc3C)nc3cc(C)c(N)cc3[n+]4C)cc2)cc1. The molecule has 12 heteroatoms. The smallest absolute Gasteiger partial charge is 0.251 e. The van der Waals surface area contributed by atoms with E-state index in [1.54, 1.807) is 0 Å². The van der Waals surface area contributed by atoms with E-state index in [0.29, 0.717) is 24.2 Å². The van der Waals surface area contributed by atoms with Crippen LogP contribution in [0, 0.1) is 20.8 Å². The van der Waals surface area contributed by atoms with Gasteiger partial charge in [0.25, 0.3) is 11.8 Å². The van der Waals surface area contributed by atoms with Gasteiger partial charge in [-0.3, -0.25) is 9.59 Å². The van der Waals surface area contributed by atoms with Gasteiger partial charge >= 0.3 is 0 Å². The van der Waals surface area contributed by atoms with Gasteiger partial charge in [0, 0.05) is 79.2 Å². The van der Waals surface area contributed by atoms with Gasteiger partial charge in [0.1, 0.15) is 18.1 Å². The molecule has 0 radical (unpaired) electrons. The highest BCUT2D eigenvalue weighted by Crippen LogP contribution is 2.39. The molecule has 68 heavy (non-hydrogen) atoms. The minimum Gasteiger partial charge on any atom is -0.398 e. The highest BCUT2D eigenvalue weighted by Gasteiger charge is 2.29. The molecule has 5 aromatic carbocycles. The Labute approximate surface area is 401 Å². The van der Waals surface area contributed by atoms with Crippen LogP contribution in [-0.2, 0) is 7.05 Å². The van der Waals surface area contributed by atoms with Gasteiger partial charge in [-0.15, -0.1) is 0 Å². The molecule has 1 aromatic heterocycles. The third-order valence-corrected chi connectivity index (χ3v) is 13.5. The van der Waals surface area contributed by atoms with Gasteiger partial charge in [0.15, 0.2) is 0 Å². The van der Waals surface area contributed by atoms with Crippen molar-refractivity contribution in [2.45, 2.75) is 85.1 Å². The number of nitrogens with two attached hydrogens (primary N) is 2. The molecular weight excluding hydrogens is 845 g/mol. The first kappa shape index (κ1) is 47.3. The van der Waals surface area contributed by atoms with E-state index in [2.05, 4.69) is 95.1 Å². The zero-order chi connectivity index (χ0) is 47.9. The monoisotopic (exact) mass is 912 g/mol. The Bertz CT molecular complexity index is 2940. The minimum atomic E-state index is -0.0676. The molecule has 12 nitrogen and oxygen atoms in total. The van der Waals surface area contributed by atoms with Crippen LogP contribution in [0.2, 0.25) is 0 Å². The first-order valence-electron chi connectivity index (χ1n) is 24.2. The molecule has 352 valence electrons. The number of hydrogen-bond acceptors (Lipinski definition) is 9. The maximum absolute atomic E-state index is 12.9. The number of anilines is 4. The highest BCUT2D eigenvalue weighted by atomic mass is 16.2. The van der Waals surface area contributed by atoms with E-state index in [1.165, 1.54) is 11.1 Å². The average Bonchev–Trinajstić information content (AvgIpc) is 3.32. The van der Waals surface area contributed by atoms with Crippen molar-refractivity contribution < 1.29 is 14.2 Å². The summed E-state index contributed by atoms with van der Waals surface area (Å²) in [6.45, 7) is 11.3. The Morgan fingerprint density at radius 3 is 1.75 bits per heavy atom. The molecule has 1 atom stereocenters. The van der Waals surface area contributed by atoms with E-state index in [0.717, 1.165) is 149 Å². The van der Waals surface area contributed by atoms with Crippen LogP contribution in [0.5, 0.6) is 0 Å². The van der Waals surface area contributed by atoms with Crippen LogP contribution in [0.4, 0.5) is 28.4 Å². The predicted octanol–water partition coefficient (Wildman–Crippen LogP) is 9.69. The number of aliphatic imine (C=N–C) groups is 1. The quantitative estimate of drug-likeness (QED) is 0.0202. The van der Waals surface area contributed by atoms with Gasteiger partial charge in [-0.2, -0.15) is 4.57 Å². The summed E-state index contributed by atoms with van der Waals surface area (Å²) in [7, 11) is 4.16. The molecule has 2 heterocycles. The molecule has 0 spiro atoms. The number of nitrogen functional groups attached to an aromatic ring is 2. The van der Waals surface area contributed by atoms with E-state index >= 15 is 0 Å². The molecule has 0 fully saturated rings. The van der Waals surface area contributed by atoms with Crippen molar-refractivity contribution in [3.8, 4) is 11.1 Å². The third kappa shape index (κ3) is 10.8. The van der Waals surface area contributed by atoms with Crippen molar-refractivity contribution >= 4 is 68.0 Å². The molecule has 1 unspecified atom stereocenters. The van der Waals surface area contributed by atoms with Crippen molar-refractivity contribution in [1.29, 1.82) is 0 Å². The van der Waals surface area contributed by atoms with Crippen LogP contribution in [-0.4, -0.2) is 61.8 Å². The predicted molar refractivity (Wildman–Crippen MR) is 281 cm³/mol. The molecule has 8 rings (SSSR count). The number of allylic oxidation sites excluding steroid dienone is 1. The molecule has 6 aromatic rings. The number of carbonyl (C=O) groups excluding carboxylic acids is 2. The second-order valence-electron chi connectivity index (χ2n) is 18.6. The molecule has 1 aliphatic heterocycles. The summed E-state index contributed by atoms with van der Waals surface area (Å²) in [6.07, 6.45) is 12.6. The number of likely N-dealkylation sites (N-methyl/N-ethyl adjacent to an activating group) is 1. The zero-order valence-corrected chi connectivity index (χ0v) is 40.6. The van der Waals surface area contributed by atoms with Gasteiger partial charge in [-0.25, -0.2) is 9.98 Å². The van der Waals surface area contributed by atoms with E-state index in [-0.39, 0.29) is 17.9 Å². The minimum absolute atomic E-state index is 0.0660. The topological polar surface area (TPSA) is 167 Å². The number of unbranched alkanes of at least 4 members (excludes halogenated alkanes) is 6. The van der Waals surface area contributed by atoms with Crippen LogP contribution in [0.3, 0.4) is 0 Å². The van der Waals surface area contributed by atoms with Gasteiger partial charge in [-0.05, 0) is 147 Å². The Hall–Kier alpha value is -7.21. The number of aryl methyl sites for hydroxylation is 4. The first-order chi connectivity index (χ1) is 32.8. The van der Waals surface area contributed by atoms with Crippen molar-refractivity contribution in [3.05, 3.63) is 136 Å². The van der Waals surface area contributed by atoms with Crippen molar-refractivity contribution in [1.82, 2.24) is 20.9 Å². The lowest BCUT2D eigenvalue weighted by molar-refractivity contribution is -0.617. The van der Waals surface area contributed by atoms with Crippen LogP contribution in [0.25, 0.3) is 33.2 Å². The Morgan fingerprint density at radius 1 is 0.632 bits per heavy atom. The van der Waals surface area contributed by atoms with Crippen LogP contribution in [0.1, 0.15) is 95.7 Å². The van der Waals surface area contributed by atoms with Crippen LogP contribution in [0.15, 0.2) is 113 Å². The molecule has 1 aliphatic carbocycles. The standard InChI is InChI=1S/C56H66N10O2/c1-35-27-47-51(31-43(35)57)65(5)53-33-45(37(3)29-49(53)63-47)59-23-11-7-9-13-25-61-55(67)41-19-15-39(16-20-41)40-17-21-42(22-18-40)56(68)62-26-14-10-8-12-24-60-46-34-54-50(30-38(46)4)64-48-28-36(2)44(58)32-52(48)66(54)6/h15-22,27-34,53,59H,7-14,23-26,57H2,1-6H3,(H4,58,60,61,62,67,68)/p+1. The number of rotatable bonds is 19. The zero-order valence-electron chi connectivity index (χ0n) is 40.6. The van der Waals surface area contributed by atoms with E-state index in [9.17, 15) is 9.59 Å². The number of carbonyl (C=O) groups is 2. The second kappa shape index (κ2) is 21.2. The summed E-state index contributed by atoms with van der Waals surface area (Å²) < 4.78 is 2.17. The molecule has 2 amide bonds. The van der Waals surface area contributed by atoms with E-state index in [1.807, 2.05) is 74.5 Å². The van der Waals surface area contributed by atoms with Crippen LogP contribution < -0.4 is 42.2 Å². The second-order valence-corrected chi connectivity index (χ2v) is 18.6. The average molecular weight is 912 g/mol. The van der Waals surface area contributed by atoms with Crippen molar-refractivity contribution in [3.63, 3.8) is 0 Å². The fraction of sp³-hybridized carbons (Fsp3) is 0.339. The van der Waals surface area contributed by atoms with Crippen molar-refractivity contribution in [2.24, 2.45) is 12.0 Å². The number of nitrogens with zero attached hydrogens (tertiary/aromatic N) is 4. The lowest BCUT2D eigenvalue weighted by Crippen LogP contribution is -2.41. The molecule has 0 saturated heterocycles. The lowest BCUT2D eigenvalue weighted by Gasteiger charge is -2.36. The summed E-state index contributed by atoms with van der Waals surface area (Å²) in [5, 5.41) is 13.4. The summed E-state index contributed by atoms with van der Waals surface area (Å²) in [4.78, 5) is 37.9. The summed E-state index contributed by atoms with van der Waals surface area (Å²) in [5.41, 5.74) is 31.0. The third-order valence-electron chi connectivity index (χ3n) is 13.5. The summed E-state index contributed by atoms with van der Waals surface area (Å²) in [6, 6.07) is 27.8. The maximum Gasteiger partial charge on any atom is 0.251 e. The van der Waals surface area contributed by atoms with Crippen LogP contribution >= 0.6 is 0 Å². The normalized spacial score (nSPS) is 14.2. The van der Waals surface area contributed by atoms with Crippen molar-refractivity contribution in [2.75, 3.05) is 54.9 Å². The molecule has 8 N–H and O–H groups in total. The number of hydrogen-bond donors (Lipinski definition) is 6. The summed E-state index contributed by atoms with van der Waals surface area (Å²) in [5.74, 6) is -0.134. The summed E-state index contributed by atoms with van der Waals surface area (Å²) >= 11 is 0. The largest absolute Gasteiger partial charge is 0.398 e. The number of fused-ring (bicyclic) bond motifs is 4. The van der Waals surface area contributed by atoms with Gasteiger partial charge in [0.2, 0.25) is 11.0 Å². The number of nitrogens with one attached hydrogen (secondary N) is 4. The number of amides is 2. The Morgan fingerprint density at radius 2 is 1.15 bits per heavy atom. The Kier molecular flexibility index (Phi) is 14.7. The fourth-order valence-corrected chi connectivity index (χ4v) is 9.16. The van der Waals surface area contributed by atoms with Gasteiger partial charge in [0.05, 0.1) is 23.1 Å². The number of aromatic nitrogens is 2. The molecular formula is C56H67N10O2+. The van der Waals surface area contributed by atoms with E-state index in [4.69, 9.17) is 21.4 Å².